The second-order valence-corrected chi connectivity index (χ2v) is 5.99. The van der Waals surface area contributed by atoms with Gasteiger partial charge in [-0.25, -0.2) is 0 Å². The van der Waals surface area contributed by atoms with Crippen molar-refractivity contribution < 1.29 is 9.59 Å². The fraction of sp³-hybridized carbons (Fsp3) is 0.529. The van der Waals surface area contributed by atoms with Gasteiger partial charge in [0.15, 0.2) is 0 Å². The van der Waals surface area contributed by atoms with Crippen molar-refractivity contribution in [3.05, 3.63) is 35.9 Å². The molecule has 0 spiro atoms. The highest BCUT2D eigenvalue weighted by atomic mass is 16.2. The molecule has 1 atom stereocenters. The Morgan fingerprint density at radius 2 is 1.67 bits per heavy atom. The Morgan fingerprint density at radius 3 is 2.38 bits per heavy atom. The minimum atomic E-state index is -0.380. The summed E-state index contributed by atoms with van der Waals surface area (Å²) in [5.41, 5.74) is 0.490. The number of Topliss-reactive ketones (excluding diaryl/α,β-unsaturated/α-hetero) is 1. The molecular weight excluding hydrogens is 264 g/mol. The van der Waals surface area contributed by atoms with Gasteiger partial charge in [-0.2, -0.15) is 0 Å². The monoisotopic (exact) mass is 286 g/mol. The Balaban J connectivity index is 1.60. The van der Waals surface area contributed by atoms with Gasteiger partial charge < -0.3 is 4.90 Å². The van der Waals surface area contributed by atoms with Gasteiger partial charge in [-0.05, 0) is 32.4 Å². The smallest absolute Gasteiger partial charge is 0.295 e. The van der Waals surface area contributed by atoms with Gasteiger partial charge in [0.25, 0.3) is 5.91 Å². The number of likely N-dealkylation sites (tertiary alicyclic amines) is 2. The van der Waals surface area contributed by atoms with Crippen LogP contribution in [0.25, 0.3) is 0 Å². The van der Waals surface area contributed by atoms with Gasteiger partial charge >= 0.3 is 0 Å². The van der Waals surface area contributed by atoms with Crippen LogP contribution in [0, 0.1) is 0 Å². The summed E-state index contributed by atoms with van der Waals surface area (Å²) < 4.78 is 0. The van der Waals surface area contributed by atoms with E-state index >= 15 is 0 Å². The molecule has 0 N–H and O–H groups in total. The second kappa shape index (κ2) is 6.39. The number of piperidine rings is 1. The van der Waals surface area contributed by atoms with Gasteiger partial charge in [0.2, 0.25) is 5.78 Å². The van der Waals surface area contributed by atoms with Gasteiger partial charge in [0.1, 0.15) is 0 Å². The molecule has 2 aliphatic rings. The summed E-state index contributed by atoms with van der Waals surface area (Å²) in [6, 6.07) is 9.29. The standard InChI is InChI=1S/C17H22N2O2/c20-16(14-7-3-1-4-8-14)17(21)19-12-9-15(13-19)18-10-5-2-6-11-18/h1,3-4,7-8,15H,2,5-6,9-13H2/t15-/m1/s1. The van der Waals surface area contributed by atoms with E-state index < -0.39 is 0 Å². The topological polar surface area (TPSA) is 40.6 Å². The van der Waals surface area contributed by atoms with Crippen LogP contribution in [-0.4, -0.2) is 53.7 Å². The molecule has 2 aliphatic heterocycles. The van der Waals surface area contributed by atoms with E-state index in [0.717, 1.165) is 19.5 Å². The van der Waals surface area contributed by atoms with Crippen LogP contribution in [0.3, 0.4) is 0 Å². The fourth-order valence-electron chi connectivity index (χ4n) is 3.36. The molecule has 4 heteroatoms. The van der Waals surface area contributed by atoms with Crippen molar-refractivity contribution in [2.75, 3.05) is 26.2 Å². The third-order valence-corrected chi connectivity index (χ3v) is 4.59. The van der Waals surface area contributed by atoms with Crippen LogP contribution in [0.2, 0.25) is 0 Å². The van der Waals surface area contributed by atoms with Crippen LogP contribution >= 0.6 is 0 Å². The van der Waals surface area contributed by atoms with Gasteiger partial charge in [0.05, 0.1) is 0 Å². The molecule has 0 saturated carbocycles. The van der Waals surface area contributed by atoms with Crippen molar-refractivity contribution in [1.29, 1.82) is 0 Å². The van der Waals surface area contributed by atoms with E-state index in [1.807, 2.05) is 6.07 Å². The molecule has 0 bridgehead atoms. The van der Waals surface area contributed by atoms with E-state index in [1.165, 1.54) is 19.3 Å². The zero-order chi connectivity index (χ0) is 14.7. The molecule has 3 rings (SSSR count). The molecule has 1 aromatic carbocycles. The molecule has 0 aromatic heterocycles. The highest BCUT2D eigenvalue weighted by molar-refractivity contribution is 6.42. The molecule has 2 fully saturated rings. The lowest BCUT2D eigenvalue weighted by molar-refractivity contribution is -0.125. The van der Waals surface area contributed by atoms with Crippen LogP contribution < -0.4 is 0 Å². The molecule has 2 heterocycles. The lowest BCUT2D eigenvalue weighted by Gasteiger charge is -2.32. The zero-order valence-electron chi connectivity index (χ0n) is 12.3. The zero-order valence-corrected chi connectivity index (χ0v) is 12.3. The van der Waals surface area contributed by atoms with Crippen LogP contribution in [0.15, 0.2) is 30.3 Å². The summed E-state index contributed by atoms with van der Waals surface area (Å²) in [7, 11) is 0. The van der Waals surface area contributed by atoms with Crippen molar-refractivity contribution in [2.24, 2.45) is 0 Å². The molecule has 2 saturated heterocycles. The van der Waals surface area contributed by atoms with Gasteiger partial charge in [-0.15, -0.1) is 0 Å². The first-order chi connectivity index (χ1) is 10.3. The first-order valence-electron chi connectivity index (χ1n) is 7.88. The van der Waals surface area contributed by atoms with E-state index in [1.54, 1.807) is 29.2 Å². The van der Waals surface area contributed by atoms with E-state index in [-0.39, 0.29) is 11.7 Å². The predicted molar refractivity (Wildman–Crippen MR) is 81.2 cm³/mol. The molecule has 112 valence electrons. The van der Waals surface area contributed by atoms with Gasteiger partial charge in [0, 0.05) is 24.7 Å². The minimum absolute atomic E-state index is 0.347. The van der Waals surface area contributed by atoms with Crippen molar-refractivity contribution in [1.82, 2.24) is 9.80 Å². The Hall–Kier alpha value is -1.68. The fourth-order valence-corrected chi connectivity index (χ4v) is 3.36. The molecular formula is C17H22N2O2. The van der Waals surface area contributed by atoms with Crippen molar-refractivity contribution in [3.8, 4) is 0 Å². The Labute approximate surface area is 125 Å². The lowest BCUT2D eigenvalue weighted by Crippen LogP contribution is -2.42. The maximum absolute atomic E-state index is 12.3. The molecule has 21 heavy (non-hydrogen) atoms. The van der Waals surface area contributed by atoms with Crippen LogP contribution in [0.4, 0.5) is 0 Å². The summed E-state index contributed by atoms with van der Waals surface area (Å²) >= 11 is 0. The number of ketones is 1. The molecule has 0 aliphatic carbocycles. The summed E-state index contributed by atoms with van der Waals surface area (Å²) in [5, 5.41) is 0. The number of carbonyl (C=O) groups is 2. The summed E-state index contributed by atoms with van der Waals surface area (Å²) in [4.78, 5) is 28.8. The average molecular weight is 286 g/mol. The summed E-state index contributed by atoms with van der Waals surface area (Å²) in [5.74, 6) is -0.726. The number of nitrogens with zero attached hydrogens (tertiary/aromatic N) is 2. The number of rotatable bonds is 3. The summed E-state index contributed by atoms with van der Waals surface area (Å²) in [6.07, 6.45) is 4.83. The molecule has 1 amide bonds. The third-order valence-electron chi connectivity index (χ3n) is 4.59. The largest absolute Gasteiger partial charge is 0.334 e. The van der Waals surface area contributed by atoms with Crippen LogP contribution in [-0.2, 0) is 4.79 Å². The number of hydrogen-bond acceptors (Lipinski definition) is 3. The second-order valence-electron chi connectivity index (χ2n) is 5.99. The quantitative estimate of drug-likeness (QED) is 0.630. The van der Waals surface area contributed by atoms with Crippen molar-refractivity contribution >= 4 is 11.7 Å². The first-order valence-corrected chi connectivity index (χ1v) is 7.88. The van der Waals surface area contributed by atoms with E-state index in [4.69, 9.17) is 0 Å². The van der Waals surface area contributed by atoms with Gasteiger partial charge in [-0.1, -0.05) is 36.8 Å². The van der Waals surface area contributed by atoms with E-state index in [2.05, 4.69) is 4.90 Å². The lowest BCUT2D eigenvalue weighted by atomic mass is 10.1. The number of benzene rings is 1. The number of amides is 1. The predicted octanol–water partition coefficient (Wildman–Crippen LogP) is 1.96. The third kappa shape index (κ3) is 3.16. The normalized spacial score (nSPS) is 23.2. The van der Waals surface area contributed by atoms with Crippen LogP contribution in [0.5, 0.6) is 0 Å². The van der Waals surface area contributed by atoms with Gasteiger partial charge in [-0.3, -0.25) is 14.5 Å². The Kier molecular flexibility index (Phi) is 4.34. The molecule has 0 unspecified atom stereocenters. The van der Waals surface area contributed by atoms with E-state index in [9.17, 15) is 9.59 Å². The highest BCUT2D eigenvalue weighted by Crippen LogP contribution is 2.20. The molecule has 4 nitrogen and oxygen atoms in total. The maximum Gasteiger partial charge on any atom is 0.295 e. The molecule has 1 aromatic rings. The average Bonchev–Trinajstić information content (AvgIpc) is 3.05. The Morgan fingerprint density at radius 1 is 0.952 bits per heavy atom. The van der Waals surface area contributed by atoms with Crippen molar-refractivity contribution in [2.45, 2.75) is 31.7 Å². The maximum atomic E-state index is 12.3. The minimum Gasteiger partial charge on any atom is -0.334 e. The molecule has 0 radical (unpaired) electrons. The van der Waals surface area contributed by atoms with Crippen LogP contribution in [0.1, 0.15) is 36.0 Å². The summed E-state index contributed by atoms with van der Waals surface area (Å²) in [6.45, 7) is 3.69. The van der Waals surface area contributed by atoms with Crippen molar-refractivity contribution in [3.63, 3.8) is 0 Å². The highest BCUT2D eigenvalue weighted by Gasteiger charge is 2.33. The first kappa shape index (κ1) is 14.3. The van der Waals surface area contributed by atoms with E-state index in [0.29, 0.717) is 24.7 Å². The number of hydrogen-bond donors (Lipinski definition) is 0. The Bertz CT molecular complexity index is 509. The SMILES string of the molecule is O=C(C(=O)N1CC[C@@H](N2CCCCC2)C1)c1ccccc1. The number of carbonyl (C=O) groups excluding carboxylic acids is 2.